The fraction of sp³-hybridized carbons (Fsp3) is 0.444. The van der Waals surface area contributed by atoms with Gasteiger partial charge in [0.05, 0.1) is 7.11 Å². The van der Waals surface area contributed by atoms with Gasteiger partial charge in [-0.25, -0.2) is 9.59 Å². The highest BCUT2D eigenvalue weighted by molar-refractivity contribution is 5.82. The van der Waals surface area contributed by atoms with Crippen molar-refractivity contribution in [3.05, 3.63) is 35.9 Å². The number of hydrogen-bond donors (Lipinski definition) is 1. The van der Waals surface area contributed by atoms with Crippen LogP contribution in [0, 0.1) is 11.8 Å². The lowest BCUT2D eigenvalue weighted by Gasteiger charge is -2.24. The normalized spacial score (nSPS) is 13.0. The van der Waals surface area contributed by atoms with E-state index in [0.29, 0.717) is 0 Å². The van der Waals surface area contributed by atoms with Gasteiger partial charge in [0.15, 0.2) is 6.04 Å². The Morgan fingerprint density at radius 1 is 1.12 bits per heavy atom. The van der Waals surface area contributed by atoms with Crippen molar-refractivity contribution in [2.24, 2.45) is 0 Å². The second-order valence-corrected chi connectivity index (χ2v) is 5.94. The molecule has 1 aromatic carbocycles. The number of esters is 1. The second kappa shape index (κ2) is 8.94. The molecule has 24 heavy (non-hydrogen) atoms. The summed E-state index contributed by atoms with van der Waals surface area (Å²) in [5, 5.41) is 2.45. The van der Waals surface area contributed by atoms with Crippen molar-refractivity contribution in [3.63, 3.8) is 0 Å². The first-order valence-electron chi connectivity index (χ1n) is 7.43. The molecular formula is C18H23NO5. The Kier molecular flexibility index (Phi) is 7.28. The first-order valence-corrected chi connectivity index (χ1v) is 7.43. The lowest BCUT2D eigenvalue weighted by Crippen LogP contribution is -2.50. The van der Waals surface area contributed by atoms with E-state index < -0.39 is 29.8 Å². The molecule has 0 saturated heterocycles. The van der Waals surface area contributed by atoms with Crippen molar-refractivity contribution in [3.8, 4) is 11.8 Å². The van der Waals surface area contributed by atoms with E-state index in [4.69, 9.17) is 14.2 Å². The second-order valence-electron chi connectivity index (χ2n) is 5.94. The summed E-state index contributed by atoms with van der Waals surface area (Å²) in [6, 6.07) is 8.12. The minimum atomic E-state index is -1.11. The average molecular weight is 333 g/mol. The maximum Gasteiger partial charge on any atom is 0.408 e. The van der Waals surface area contributed by atoms with Gasteiger partial charge in [-0.1, -0.05) is 30.0 Å². The monoisotopic (exact) mass is 333 g/mol. The fourth-order valence-electron chi connectivity index (χ4n) is 1.77. The third kappa shape index (κ3) is 6.71. The highest BCUT2D eigenvalue weighted by Crippen LogP contribution is 2.08. The molecule has 6 heteroatoms. The average Bonchev–Trinajstić information content (AvgIpc) is 2.52. The molecule has 0 aliphatic rings. The van der Waals surface area contributed by atoms with Gasteiger partial charge in [-0.2, -0.15) is 0 Å². The van der Waals surface area contributed by atoms with E-state index in [9.17, 15) is 9.59 Å². The number of benzene rings is 1. The Morgan fingerprint density at radius 3 is 2.25 bits per heavy atom. The van der Waals surface area contributed by atoms with Gasteiger partial charge in [0, 0.05) is 12.7 Å². The van der Waals surface area contributed by atoms with E-state index in [0.717, 1.165) is 5.56 Å². The number of alkyl carbamates (subject to hydrolysis) is 1. The number of carbonyl (C=O) groups is 2. The van der Waals surface area contributed by atoms with Crippen LogP contribution >= 0.6 is 0 Å². The van der Waals surface area contributed by atoms with Crippen LogP contribution in [0.4, 0.5) is 4.79 Å². The van der Waals surface area contributed by atoms with Crippen LogP contribution in [0.2, 0.25) is 0 Å². The standard InChI is InChI=1S/C18H23NO5/c1-18(2,3)24-17(21)19-15(16(20)23-5)14(22-4)12-11-13-9-7-6-8-10-13/h6-10,14-15H,1-5H3,(H,19,21)/t14-,15-/m1/s1. The number of methoxy groups -OCH3 is 2. The summed E-state index contributed by atoms with van der Waals surface area (Å²) in [5.74, 6) is 5.06. The molecule has 0 radical (unpaired) electrons. The molecule has 0 unspecified atom stereocenters. The van der Waals surface area contributed by atoms with E-state index in [1.807, 2.05) is 30.3 Å². The topological polar surface area (TPSA) is 73.9 Å². The summed E-state index contributed by atoms with van der Waals surface area (Å²) < 4.78 is 15.1. The van der Waals surface area contributed by atoms with Crippen molar-refractivity contribution in [1.82, 2.24) is 5.32 Å². The van der Waals surface area contributed by atoms with Crippen LogP contribution < -0.4 is 5.32 Å². The highest BCUT2D eigenvalue weighted by atomic mass is 16.6. The first kappa shape index (κ1) is 19.5. The lowest BCUT2D eigenvalue weighted by molar-refractivity contribution is -0.145. The molecule has 0 aliphatic carbocycles. The molecule has 0 aromatic heterocycles. The van der Waals surface area contributed by atoms with Gasteiger partial charge in [-0.3, -0.25) is 0 Å². The van der Waals surface area contributed by atoms with Gasteiger partial charge in [-0.15, -0.1) is 0 Å². The van der Waals surface area contributed by atoms with E-state index in [-0.39, 0.29) is 0 Å². The van der Waals surface area contributed by atoms with Gasteiger partial charge in [0.2, 0.25) is 0 Å². The van der Waals surface area contributed by atoms with Gasteiger partial charge in [-0.05, 0) is 32.9 Å². The largest absolute Gasteiger partial charge is 0.467 e. The number of rotatable bonds is 4. The molecule has 1 aromatic rings. The van der Waals surface area contributed by atoms with Crippen LogP contribution in [-0.2, 0) is 19.0 Å². The molecule has 1 N–H and O–H groups in total. The quantitative estimate of drug-likeness (QED) is 0.675. The maximum atomic E-state index is 12.0. The SMILES string of the molecule is COC(=O)[C@H](NC(=O)OC(C)(C)C)[C@@H](C#Cc1ccccc1)OC. The zero-order chi connectivity index (χ0) is 18.2. The van der Waals surface area contributed by atoms with E-state index in [1.54, 1.807) is 20.8 Å². The Hall–Kier alpha value is -2.52. The van der Waals surface area contributed by atoms with Gasteiger partial charge in [0.25, 0.3) is 0 Å². The molecule has 6 nitrogen and oxygen atoms in total. The fourth-order valence-corrected chi connectivity index (χ4v) is 1.77. The minimum Gasteiger partial charge on any atom is -0.467 e. The summed E-state index contributed by atoms with van der Waals surface area (Å²) in [6.45, 7) is 5.17. The van der Waals surface area contributed by atoms with Crippen molar-refractivity contribution in [2.75, 3.05) is 14.2 Å². The van der Waals surface area contributed by atoms with Crippen LogP contribution in [-0.4, -0.2) is 44.0 Å². The maximum absolute atomic E-state index is 12.0. The van der Waals surface area contributed by atoms with Gasteiger partial charge < -0.3 is 19.5 Å². The Labute approximate surface area is 142 Å². The van der Waals surface area contributed by atoms with E-state index >= 15 is 0 Å². The molecule has 1 amide bonds. The number of carbonyl (C=O) groups excluding carboxylic acids is 2. The molecule has 0 heterocycles. The number of hydrogen-bond acceptors (Lipinski definition) is 5. The van der Waals surface area contributed by atoms with Crippen molar-refractivity contribution >= 4 is 12.1 Å². The first-order chi connectivity index (χ1) is 11.3. The number of amides is 1. The van der Waals surface area contributed by atoms with Crippen molar-refractivity contribution < 1.29 is 23.8 Å². The molecular weight excluding hydrogens is 310 g/mol. The third-order valence-corrected chi connectivity index (χ3v) is 2.82. The molecule has 130 valence electrons. The lowest BCUT2D eigenvalue weighted by atomic mass is 10.1. The smallest absolute Gasteiger partial charge is 0.408 e. The molecule has 0 bridgehead atoms. The Morgan fingerprint density at radius 2 is 1.75 bits per heavy atom. The predicted molar refractivity (Wildman–Crippen MR) is 89.3 cm³/mol. The highest BCUT2D eigenvalue weighted by Gasteiger charge is 2.31. The Balaban J connectivity index is 2.94. The van der Waals surface area contributed by atoms with Crippen molar-refractivity contribution in [1.29, 1.82) is 0 Å². The molecule has 0 fully saturated rings. The van der Waals surface area contributed by atoms with Crippen LogP contribution in [0.25, 0.3) is 0 Å². The Bertz CT molecular complexity index is 610. The summed E-state index contributed by atoms with van der Waals surface area (Å²) in [6.07, 6.45) is -1.63. The minimum absolute atomic E-state index is 0.671. The molecule has 0 aliphatic heterocycles. The number of nitrogens with one attached hydrogen (secondary N) is 1. The third-order valence-electron chi connectivity index (χ3n) is 2.82. The zero-order valence-corrected chi connectivity index (χ0v) is 14.6. The van der Waals surface area contributed by atoms with Gasteiger partial charge in [0.1, 0.15) is 11.7 Å². The molecule has 1 rings (SSSR count). The van der Waals surface area contributed by atoms with Crippen molar-refractivity contribution in [2.45, 2.75) is 38.5 Å². The van der Waals surface area contributed by atoms with Gasteiger partial charge >= 0.3 is 12.1 Å². The van der Waals surface area contributed by atoms with Crippen LogP contribution in [0.15, 0.2) is 30.3 Å². The van der Waals surface area contributed by atoms with E-state index in [1.165, 1.54) is 14.2 Å². The number of ether oxygens (including phenoxy) is 3. The predicted octanol–water partition coefficient (Wildman–Crippen LogP) is 2.12. The summed E-state index contributed by atoms with van der Waals surface area (Å²) in [5.41, 5.74) is 0.0729. The van der Waals surface area contributed by atoms with Crippen LogP contribution in [0.3, 0.4) is 0 Å². The zero-order valence-electron chi connectivity index (χ0n) is 14.6. The molecule has 0 saturated carbocycles. The van der Waals surface area contributed by atoms with Crippen LogP contribution in [0.1, 0.15) is 26.3 Å². The molecule has 0 spiro atoms. The summed E-state index contributed by atoms with van der Waals surface area (Å²) >= 11 is 0. The summed E-state index contributed by atoms with van der Waals surface area (Å²) in [4.78, 5) is 23.9. The van der Waals surface area contributed by atoms with Crippen LogP contribution in [0.5, 0.6) is 0 Å². The van der Waals surface area contributed by atoms with E-state index in [2.05, 4.69) is 17.2 Å². The summed E-state index contributed by atoms with van der Waals surface area (Å²) in [7, 11) is 2.63. The molecule has 2 atom stereocenters.